The molecule has 1 unspecified atom stereocenters. The highest BCUT2D eigenvalue weighted by atomic mass is 79.9. The first kappa shape index (κ1) is 11.2. The van der Waals surface area contributed by atoms with Gasteiger partial charge in [-0.15, -0.1) is 0 Å². The van der Waals surface area contributed by atoms with Crippen molar-refractivity contribution in [3.05, 3.63) is 33.8 Å². The lowest BCUT2D eigenvalue weighted by molar-refractivity contribution is 0.443. The van der Waals surface area contributed by atoms with Crippen LogP contribution in [0.5, 0.6) is 0 Å². The maximum absolute atomic E-state index is 6.34. The van der Waals surface area contributed by atoms with Crippen molar-refractivity contribution in [1.82, 2.24) is 0 Å². The maximum Gasteiger partial charge on any atom is 0.0334 e. The molecule has 0 spiro atoms. The van der Waals surface area contributed by atoms with Crippen LogP contribution in [0.15, 0.2) is 22.7 Å². The van der Waals surface area contributed by atoms with Crippen LogP contribution in [0.2, 0.25) is 0 Å². The Balaban J connectivity index is 2.23. The van der Waals surface area contributed by atoms with Crippen molar-refractivity contribution in [3.63, 3.8) is 0 Å². The van der Waals surface area contributed by atoms with E-state index in [1.165, 1.54) is 36.8 Å². The maximum atomic E-state index is 6.34. The van der Waals surface area contributed by atoms with Crippen molar-refractivity contribution < 1.29 is 0 Å². The van der Waals surface area contributed by atoms with Gasteiger partial charge in [0.25, 0.3) is 0 Å². The quantitative estimate of drug-likeness (QED) is 0.863. The van der Waals surface area contributed by atoms with Crippen LogP contribution in [0.4, 0.5) is 0 Å². The zero-order valence-electron chi connectivity index (χ0n) is 9.17. The van der Waals surface area contributed by atoms with Crippen molar-refractivity contribution in [2.45, 2.75) is 38.6 Å². The van der Waals surface area contributed by atoms with Crippen molar-refractivity contribution in [1.29, 1.82) is 0 Å². The third-order valence-corrected chi connectivity index (χ3v) is 4.14. The summed E-state index contributed by atoms with van der Waals surface area (Å²) in [6.07, 6.45) is 5.28. The molecule has 0 radical (unpaired) electrons. The Labute approximate surface area is 100 Å². The molecule has 1 nitrogen and oxygen atoms in total. The van der Waals surface area contributed by atoms with E-state index in [4.69, 9.17) is 5.73 Å². The Bertz CT molecular complexity index is 342. The van der Waals surface area contributed by atoms with Crippen LogP contribution in [0.3, 0.4) is 0 Å². The monoisotopic (exact) mass is 267 g/mol. The summed E-state index contributed by atoms with van der Waals surface area (Å²) in [5.41, 5.74) is 8.91. The van der Waals surface area contributed by atoms with E-state index in [-0.39, 0.29) is 6.04 Å². The topological polar surface area (TPSA) is 26.0 Å². The van der Waals surface area contributed by atoms with Crippen LogP contribution >= 0.6 is 15.9 Å². The number of aryl methyl sites for hydroxylation is 1. The van der Waals surface area contributed by atoms with E-state index in [1.54, 1.807) is 0 Å². The van der Waals surface area contributed by atoms with Crippen molar-refractivity contribution >= 4 is 15.9 Å². The summed E-state index contributed by atoms with van der Waals surface area (Å²) in [6, 6.07) is 6.66. The molecule has 2 rings (SSSR count). The van der Waals surface area contributed by atoms with Gasteiger partial charge in [-0.25, -0.2) is 0 Å². The van der Waals surface area contributed by atoms with Crippen LogP contribution in [0, 0.1) is 12.8 Å². The van der Waals surface area contributed by atoms with E-state index in [0.29, 0.717) is 5.92 Å². The van der Waals surface area contributed by atoms with E-state index >= 15 is 0 Å². The second-order valence-electron chi connectivity index (χ2n) is 4.60. The molecule has 1 aromatic rings. The standard InChI is InChI=1S/C13H18BrN/c1-9-6-7-12(14)11(8-9)13(15)10-4-2-3-5-10/h6-8,10,13H,2-5,15H2,1H3. The summed E-state index contributed by atoms with van der Waals surface area (Å²) in [4.78, 5) is 0. The molecule has 2 heteroatoms. The average Bonchev–Trinajstić information content (AvgIpc) is 2.74. The third-order valence-electron chi connectivity index (χ3n) is 3.42. The summed E-state index contributed by atoms with van der Waals surface area (Å²) < 4.78 is 1.16. The minimum absolute atomic E-state index is 0.210. The third kappa shape index (κ3) is 2.43. The van der Waals surface area contributed by atoms with Crippen LogP contribution in [-0.2, 0) is 0 Å². The molecule has 1 saturated carbocycles. The van der Waals surface area contributed by atoms with E-state index in [1.807, 2.05) is 0 Å². The molecule has 1 aromatic carbocycles. The Morgan fingerprint density at radius 2 is 2.00 bits per heavy atom. The van der Waals surface area contributed by atoms with Gasteiger partial charge in [0.2, 0.25) is 0 Å². The van der Waals surface area contributed by atoms with Gasteiger partial charge in [-0.3, -0.25) is 0 Å². The minimum atomic E-state index is 0.210. The molecule has 15 heavy (non-hydrogen) atoms. The lowest BCUT2D eigenvalue weighted by Gasteiger charge is -2.20. The summed E-state index contributed by atoms with van der Waals surface area (Å²) in [6.45, 7) is 2.12. The summed E-state index contributed by atoms with van der Waals surface area (Å²) in [5.74, 6) is 0.683. The first-order valence-corrected chi connectivity index (χ1v) is 6.49. The zero-order valence-corrected chi connectivity index (χ0v) is 10.8. The molecule has 0 aromatic heterocycles. The largest absolute Gasteiger partial charge is 0.324 e. The van der Waals surface area contributed by atoms with Gasteiger partial charge in [-0.05, 0) is 37.3 Å². The minimum Gasteiger partial charge on any atom is -0.324 e. The summed E-state index contributed by atoms with van der Waals surface area (Å²) in [7, 11) is 0. The molecule has 1 aliphatic rings. The highest BCUT2D eigenvalue weighted by Crippen LogP contribution is 2.36. The van der Waals surface area contributed by atoms with Crippen molar-refractivity contribution in [2.24, 2.45) is 11.7 Å². The van der Waals surface area contributed by atoms with Gasteiger partial charge in [0, 0.05) is 10.5 Å². The summed E-state index contributed by atoms with van der Waals surface area (Å²) >= 11 is 3.60. The number of benzene rings is 1. The molecular weight excluding hydrogens is 250 g/mol. The van der Waals surface area contributed by atoms with Gasteiger partial charge < -0.3 is 5.73 Å². The Morgan fingerprint density at radius 3 is 2.67 bits per heavy atom. The fourth-order valence-corrected chi connectivity index (χ4v) is 3.00. The molecular formula is C13H18BrN. The average molecular weight is 268 g/mol. The fourth-order valence-electron chi connectivity index (χ4n) is 2.49. The first-order chi connectivity index (χ1) is 7.18. The molecule has 1 aliphatic carbocycles. The van der Waals surface area contributed by atoms with Gasteiger partial charge in [-0.2, -0.15) is 0 Å². The molecule has 1 atom stereocenters. The molecule has 0 saturated heterocycles. The van der Waals surface area contributed by atoms with Crippen LogP contribution in [-0.4, -0.2) is 0 Å². The normalized spacial score (nSPS) is 19.4. The number of rotatable bonds is 2. The molecule has 0 aliphatic heterocycles. The van der Waals surface area contributed by atoms with E-state index in [9.17, 15) is 0 Å². The Hall–Kier alpha value is -0.340. The number of nitrogens with two attached hydrogens (primary N) is 1. The summed E-state index contributed by atoms with van der Waals surface area (Å²) in [5, 5.41) is 0. The lowest BCUT2D eigenvalue weighted by Crippen LogP contribution is -2.19. The highest BCUT2D eigenvalue weighted by molar-refractivity contribution is 9.10. The van der Waals surface area contributed by atoms with Gasteiger partial charge in [0.05, 0.1) is 0 Å². The molecule has 82 valence electrons. The van der Waals surface area contributed by atoms with E-state index in [2.05, 4.69) is 41.1 Å². The molecule has 0 amide bonds. The van der Waals surface area contributed by atoms with Crippen LogP contribution in [0.1, 0.15) is 42.9 Å². The van der Waals surface area contributed by atoms with Crippen molar-refractivity contribution in [3.8, 4) is 0 Å². The second-order valence-corrected chi connectivity index (χ2v) is 5.45. The van der Waals surface area contributed by atoms with E-state index in [0.717, 1.165) is 4.47 Å². The number of halogens is 1. The predicted octanol–water partition coefficient (Wildman–Crippen LogP) is 3.95. The smallest absolute Gasteiger partial charge is 0.0334 e. The lowest BCUT2D eigenvalue weighted by atomic mass is 9.92. The molecule has 0 heterocycles. The van der Waals surface area contributed by atoms with Gasteiger partial charge >= 0.3 is 0 Å². The second kappa shape index (κ2) is 4.67. The van der Waals surface area contributed by atoms with Gasteiger partial charge in [-0.1, -0.05) is 46.5 Å². The van der Waals surface area contributed by atoms with Gasteiger partial charge in [0.1, 0.15) is 0 Å². The highest BCUT2D eigenvalue weighted by Gasteiger charge is 2.24. The number of hydrogen-bond donors (Lipinski definition) is 1. The molecule has 1 fully saturated rings. The van der Waals surface area contributed by atoms with E-state index < -0.39 is 0 Å². The Morgan fingerprint density at radius 1 is 1.33 bits per heavy atom. The van der Waals surface area contributed by atoms with Crippen LogP contribution < -0.4 is 5.73 Å². The molecule has 0 bridgehead atoms. The van der Waals surface area contributed by atoms with Crippen molar-refractivity contribution in [2.75, 3.05) is 0 Å². The zero-order chi connectivity index (χ0) is 10.8. The number of hydrogen-bond acceptors (Lipinski definition) is 1. The predicted molar refractivity (Wildman–Crippen MR) is 67.8 cm³/mol. The SMILES string of the molecule is Cc1ccc(Br)c(C(N)C2CCCC2)c1. The Kier molecular flexibility index (Phi) is 3.47. The fraction of sp³-hybridized carbons (Fsp3) is 0.538. The first-order valence-electron chi connectivity index (χ1n) is 5.70. The van der Waals surface area contributed by atoms with Gasteiger partial charge in [0.15, 0.2) is 0 Å². The van der Waals surface area contributed by atoms with Crippen LogP contribution in [0.25, 0.3) is 0 Å². The molecule has 2 N–H and O–H groups in total.